The lowest BCUT2D eigenvalue weighted by Crippen LogP contribution is -1.99. The molecule has 0 atom stereocenters. The number of aromatic nitrogens is 2. The van der Waals surface area contributed by atoms with E-state index in [4.69, 9.17) is 10.5 Å². The monoisotopic (exact) mass is 272 g/mol. The highest BCUT2D eigenvalue weighted by molar-refractivity contribution is 5.81. The number of nitrogens with two attached hydrogens (primary N) is 1. The minimum absolute atomic E-state index is 0.387. The van der Waals surface area contributed by atoms with Crippen LogP contribution in [0.5, 0.6) is 5.75 Å². The SMILES string of the molecule is CCOc1c(C)cc(C=Nn2cc(C)nc2N)cc1C. The Hall–Kier alpha value is -2.30. The van der Waals surface area contributed by atoms with E-state index in [9.17, 15) is 0 Å². The fourth-order valence-corrected chi connectivity index (χ4v) is 2.16. The molecule has 0 aliphatic heterocycles. The van der Waals surface area contributed by atoms with Gasteiger partial charge in [0, 0.05) is 0 Å². The lowest BCUT2D eigenvalue weighted by Gasteiger charge is -2.11. The summed E-state index contributed by atoms with van der Waals surface area (Å²) in [6, 6.07) is 4.09. The van der Waals surface area contributed by atoms with Gasteiger partial charge in [-0.05, 0) is 56.5 Å². The molecule has 20 heavy (non-hydrogen) atoms. The van der Waals surface area contributed by atoms with E-state index in [0.717, 1.165) is 28.1 Å². The van der Waals surface area contributed by atoms with Crippen LogP contribution in [0.4, 0.5) is 5.95 Å². The molecular formula is C15H20N4O. The van der Waals surface area contributed by atoms with Gasteiger partial charge >= 0.3 is 0 Å². The molecule has 0 fully saturated rings. The Kier molecular flexibility index (Phi) is 4.08. The Balaban J connectivity index is 2.28. The van der Waals surface area contributed by atoms with Crippen LogP contribution in [0.2, 0.25) is 0 Å². The summed E-state index contributed by atoms with van der Waals surface area (Å²) >= 11 is 0. The third-order valence-electron chi connectivity index (χ3n) is 2.94. The second-order valence-electron chi connectivity index (χ2n) is 4.75. The molecule has 2 aromatic rings. The standard InChI is InChI=1S/C15H20N4O/c1-5-20-14-10(2)6-13(7-11(14)3)8-17-19-9-12(4)18-15(19)16/h6-9H,5H2,1-4H3,(H2,16,18). The summed E-state index contributed by atoms with van der Waals surface area (Å²) in [5, 5.41) is 4.32. The number of nitrogens with zero attached hydrogens (tertiary/aromatic N) is 3. The fraction of sp³-hybridized carbons (Fsp3) is 0.333. The highest BCUT2D eigenvalue weighted by Crippen LogP contribution is 2.24. The summed E-state index contributed by atoms with van der Waals surface area (Å²) in [7, 11) is 0. The average molecular weight is 272 g/mol. The fourth-order valence-electron chi connectivity index (χ4n) is 2.16. The smallest absolute Gasteiger partial charge is 0.221 e. The van der Waals surface area contributed by atoms with E-state index in [1.54, 1.807) is 17.1 Å². The van der Waals surface area contributed by atoms with Gasteiger partial charge in [0.15, 0.2) is 0 Å². The summed E-state index contributed by atoms with van der Waals surface area (Å²) in [6.07, 6.45) is 3.56. The van der Waals surface area contributed by atoms with Crippen LogP contribution in [0.15, 0.2) is 23.4 Å². The zero-order valence-electron chi connectivity index (χ0n) is 12.3. The second-order valence-corrected chi connectivity index (χ2v) is 4.75. The molecule has 5 heteroatoms. The van der Waals surface area contributed by atoms with Crippen LogP contribution >= 0.6 is 0 Å². The van der Waals surface area contributed by atoms with Crippen LogP contribution < -0.4 is 10.5 Å². The van der Waals surface area contributed by atoms with Crippen molar-refractivity contribution in [2.24, 2.45) is 5.10 Å². The number of hydrogen-bond acceptors (Lipinski definition) is 4. The van der Waals surface area contributed by atoms with Gasteiger partial charge in [0.1, 0.15) is 5.75 Å². The zero-order chi connectivity index (χ0) is 14.7. The number of rotatable bonds is 4. The van der Waals surface area contributed by atoms with Gasteiger partial charge in [0.25, 0.3) is 0 Å². The molecule has 1 aromatic heterocycles. The molecule has 2 rings (SSSR count). The molecule has 0 saturated carbocycles. The quantitative estimate of drug-likeness (QED) is 0.870. The lowest BCUT2D eigenvalue weighted by atomic mass is 10.1. The van der Waals surface area contributed by atoms with Gasteiger partial charge in [-0.1, -0.05) is 0 Å². The van der Waals surface area contributed by atoms with E-state index in [-0.39, 0.29) is 0 Å². The Bertz CT molecular complexity index is 620. The molecule has 106 valence electrons. The molecule has 0 aliphatic rings. The number of nitrogen functional groups attached to an aromatic ring is 1. The van der Waals surface area contributed by atoms with Crippen molar-refractivity contribution >= 4 is 12.2 Å². The normalized spacial score (nSPS) is 11.2. The molecule has 0 bridgehead atoms. The molecule has 1 aromatic carbocycles. The summed E-state index contributed by atoms with van der Waals surface area (Å²) in [5.74, 6) is 1.33. The molecule has 1 heterocycles. The molecule has 0 spiro atoms. The Morgan fingerprint density at radius 2 is 1.95 bits per heavy atom. The molecule has 0 saturated heterocycles. The lowest BCUT2D eigenvalue weighted by molar-refractivity contribution is 0.335. The van der Waals surface area contributed by atoms with Crippen molar-refractivity contribution in [3.63, 3.8) is 0 Å². The van der Waals surface area contributed by atoms with Crippen molar-refractivity contribution in [3.05, 3.63) is 40.7 Å². The van der Waals surface area contributed by atoms with Gasteiger partial charge in [0.2, 0.25) is 5.95 Å². The van der Waals surface area contributed by atoms with E-state index < -0.39 is 0 Å². The summed E-state index contributed by atoms with van der Waals surface area (Å²) in [4.78, 5) is 4.10. The van der Waals surface area contributed by atoms with E-state index in [1.165, 1.54) is 0 Å². The van der Waals surface area contributed by atoms with Crippen LogP contribution in [-0.4, -0.2) is 22.5 Å². The van der Waals surface area contributed by atoms with Gasteiger partial charge in [-0.15, -0.1) is 0 Å². The predicted octanol–water partition coefficient (Wildman–Crippen LogP) is 2.67. The number of benzene rings is 1. The number of imidazole rings is 1. The van der Waals surface area contributed by atoms with Crippen molar-refractivity contribution in [3.8, 4) is 5.75 Å². The third-order valence-corrected chi connectivity index (χ3v) is 2.94. The van der Waals surface area contributed by atoms with Gasteiger partial charge in [-0.2, -0.15) is 5.10 Å². The van der Waals surface area contributed by atoms with E-state index in [1.807, 2.05) is 39.8 Å². The minimum Gasteiger partial charge on any atom is -0.493 e. The summed E-state index contributed by atoms with van der Waals surface area (Å²) in [6.45, 7) is 8.60. The highest BCUT2D eigenvalue weighted by atomic mass is 16.5. The molecular weight excluding hydrogens is 252 g/mol. The predicted molar refractivity (Wildman–Crippen MR) is 81.5 cm³/mol. The average Bonchev–Trinajstić information content (AvgIpc) is 2.70. The molecule has 2 N–H and O–H groups in total. The van der Waals surface area contributed by atoms with Crippen LogP contribution in [0, 0.1) is 20.8 Å². The van der Waals surface area contributed by atoms with Crippen molar-refractivity contribution in [1.29, 1.82) is 0 Å². The molecule has 5 nitrogen and oxygen atoms in total. The maximum absolute atomic E-state index is 5.75. The maximum Gasteiger partial charge on any atom is 0.221 e. The van der Waals surface area contributed by atoms with Gasteiger partial charge in [0.05, 0.1) is 24.7 Å². The number of ether oxygens (including phenoxy) is 1. The summed E-state index contributed by atoms with van der Waals surface area (Å²) < 4.78 is 7.19. The second kappa shape index (κ2) is 5.77. The Morgan fingerprint density at radius 1 is 1.30 bits per heavy atom. The molecule has 0 unspecified atom stereocenters. The van der Waals surface area contributed by atoms with Crippen molar-refractivity contribution < 1.29 is 4.74 Å². The number of anilines is 1. The van der Waals surface area contributed by atoms with Gasteiger partial charge < -0.3 is 10.5 Å². The largest absolute Gasteiger partial charge is 0.493 e. The zero-order valence-corrected chi connectivity index (χ0v) is 12.3. The van der Waals surface area contributed by atoms with Crippen LogP contribution in [0.25, 0.3) is 0 Å². The van der Waals surface area contributed by atoms with E-state index in [2.05, 4.69) is 10.1 Å². The van der Waals surface area contributed by atoms with Crippen LogP contribution in [0.1, 0.15) is 29.3 Å². The first-order chi connectivity index (χ1) is 9.51. The van der Waals surface area contributed by atoms with Gasteiger partial charge in [-0.3, -0.25) is 0 Å². The van der Waals surface area contributed by atoms with E-state index >= 15 is 0 Å². The van der Waals surface area contributed by atoms with Crippen LogP contribution in [0.3, 0.4) is 0 Å². The van der Waals surface area contributed by atoms with Crippen molar-refractivity contribution in [2.75, 3.05) is 12.3 Å². The molecule has 0 radical (unpaired) electrons. The Morgan fingerprint density at radius 3 is 2.45 bits per heavy atom. The minimum atomic E-state index is 0.387. The van der Waals surface area contributed by atoms with Crippen LogP contribution in [-0.2, 0) is 0 Å². The van der Waals surface area contributed by atoms with E-state index in [0.29, 0.717) is 12.6 Å². The Labute approximate surface area is 119 Å². The summed E-state index contributed by atoms with van der Waals surface area (Å²) in [5.41, 5.74) is 9.80. The van der Waals surface area contributed by atoms with Crippen molar-refractivity contribution in [2.45, 2.75) is 27.7 Å². The van der Waals surface area contributed by atoms with Gasteiger partial charge in [-0.25, -0.2) is 9.66 Å². The first-order valence-corrected chi connectivity index (χ1v) is 6.61. The number of hydrogen-bond donors (Lipinski definition) is 1. The maximum atomic E-state index is 5.75. The first-order valence-electron chi connectivity index (χ1n) is 6.61. The topological polar surface area (TPSA) is 65.4 Å². The van der Waals surface area contributed by atoms with Crippen molar-refractivity contribution in [1.82, 2.24) is 9.66 Å². The highest BCUT2D eigenvalue weighted by Gasteiger charge is 2.05. The molecule has 0 aliphatic carbocycles. The number of aryl methyl sites for hydroxylation is 3. The first kappa shape index (κ1) is 14.1. The third kappa shape index (κ3) is 2.99. The molecule has 0 amide bonds.